The predicted octanol–water partition coefficient (Wildman–Crippen LogP) is 3.99. The van der Waals surface area contributed by atoms with Gasteiger partial charge in [-0.05, 0) is 41.3 Å². The van der Waals surface area contributed by atoms with Crippen molar-refractivity contribution in [3.8, 4) is 0 Å². The van der Waals surface area contributed by atoms with E-state index in [-0.39, 0.29) is 56.3 Å². The van der Waals surface area contributed by atoms with Crippen molar-refractivity contribution < 1.29 is 64.4 Å². The van der Waals surface area contributed by atoms with E-state index in [0.29, 0.717) is 0 Å². The molecule has 0 atom stereocenters. The van der Waals surface area contributed by atoms with E-state index in [1.54, 1.807) is 6.07 Å². The van der Waals surface area contributed by atoms with E-state index in [0.717, 1.165) is 23.6 Å². The first kappa shape index (κ1) is 27.3. The van der Waals surface area contributed by atoms with Crippen LogP contribution in [-0.4, -0.2) is 13.0 Å². The fraction of sp³-hybridized carbons (Fsp3) is 0.583. The van der Waals surface area contributed by atoms with Gasteiger partial charge in [-0.3, -0.25) is 0 Å². The average Bonchev–Trinajstić information content (AvgIpc) is 2.67. The molecule has 0 saturated carbocycles. The third-order valence-electron chi connectivity index (χ3n) is 5.53. The molecule has 0 heterocycles. The van der Waals surface area contributed by atoms with E-state index < -0.39 is 10.1 Å². The second kappa shape index (κ2) is 15.1. The quantitative estimate of drug-likeness (QED) is 0.252. The normalized spacial score (nSPS) is 11.5. The van der Waals surface area contributed by atoms with Gasteiger partial charge >= 0.3 is 51.4 Å². The summed E-state index contributed by atoms with van der Waals surface area (Å²) in [5.41, 5.74) is 1.24. The van der Waals surface area contributed by atoms with Gasteiger partial charge in [0.15, 0.2) is 0 Å². The Morgan fingerprint density at radius 3 is 1.86 bits per heavy atom. The summed E-state index contributed by atoms with van der Waals surface area (Å²) in [5.74, 6) is 0. The number of hydrogen-bond acceptors (Lipinski definition) is 3. The Morgan fingerprint density at radius 2 is 1.31 bits per heavy atom. The van der Waals surface area contributed by atoms with E-state index in [9.17, 15) is 13.0 Å². The molecular weight excluding hydrogens is 407 g/mol. The average molecular weight is 443 g/mol. The number of rotatable bonds is 14. The van der Waals surface area contributed by atoms with Crippen LogP contribution in [0, 0.1) is 0 Å². The number of benzene rings is 2. The van der Waals surface area contributed by atoms with Gasteiger partial charge in [0, 0.05) is 0 Å². The molecule has 0 fully saturated rings. The second-order valence-electron chi connectivity index (χ2n) is 7.89. The van der Waals surface area contributed by atoms with Crippen molar-refractivity contribution >= 4 is 20.9 Å². The topological polar surface area (TPSA) is 57.2 Å². The van der Waals surface area contributed by atoms with Gasteiger partial charge in [-0.15, -0.1) is 0 Å². The summed E-state index contributed by atoms with van der Waals surface area (Å²) in [5, 5.41) is 1.88. The van der Waals surface area contributed by atoms with Gasteiger partial charge in [0.1, 0.15) is 10.1 Å². The molecule has 0 aliphatic heterocycles. The molecule has 2 aromatic rings. The van der Waals surface area contributed by atoms with Gasteiger partial charge in [-0.1, -0.05) is 102 Å². The molecule has 2 aromatic carbocycles. The van der Waals surface area contributed by atoms with E-state index in [1.165, 1.54) is 88.3 Å². The van der Waals surface area contributed by atoms with E-state index in [1.807, 2.05) is 12.1 Å². The maximum atomic E-state index is 11.2. The Balaban J connectivity index is 0.00000420. The standard InChI is InChI=1S/C24H36O3S.K/c1-2-3-4-5-6-7-8-9-10-11-12-13-15-21-16-14-17-22-20-23(28(25,26)27)18-19-24(21)22;/h14,16-20H,2-13,15H2,1H3,(H,25,26,27);/q;+1/p-1. The maximum Gasteiger partial charge on any atom is 1.00 e. The molecule has 0 saturated heterocycles. The monoisotopic (exact) mass is 442 g/mol. The summed E-state index contributed by atoms with van der Waals surface area (Å²) in [6, 6.07) is 10.6. The molecule has 156 valence electrons. The zero-order valence-corrected chi connectivity index (χ0v) is 22.2. The summed E-state index contributed by atoms with van der Waals surface area (Å²) in [6.07, 6.45) is 17.0. The molecule has 2 rings (SSSR count). The van der Waals surface area contributed by atoms with Crippen molar-refractivity contribution in [2.24, 2.45) is 0 Å². The third-order valence-corrected chi connectivity index (χ3v) is 6.36. The van der Waals surface area contributed by atoms with Crippen LogP contribution < -0.4 is 51.4 Å². The van der Waals surface area contributed by atoms with Crippen LogP contribution in [0.4, 0.5) is 0 Å². The predicted molar refractivity (Wildman–Crippen MR) is 117 cm³/mol. The minimum atomic E-state index is -4.40. The summed E-state index contributed by atoms with van der Waals surface area (Å²) in [7, 11) is -4.40. The first-order valence-corrected chi connectivity index (χ1v) is 12.4. The minimum absolute atomic E-state index is 0. The molecule has 3 nitrogen and oxygen atoms in total. The third kappa shape index (κ3) is 10.4. The molecule has 0 radical (unpaired) electrons. The number of unbranched alkanes of at least 4 members (excludes halogenated alkanes) is 11. The summed E-state index contributed by atoms with van der Waals surface area (Å²) < 4.78 is 33.6. The van der Waals surface area contributed by atoms with Gasteiger partial charge < -0.3 is 4.55 Å². The van der Waals surface area contributed by atoms with Crippen LogP contribution in [0.25, 0.3) is 10.8 Å². The molecule has 0 unspecified atom stereocenters. The zero-order valence-electron chi connectivity index (χ0n) is 18.3. The molecule has 0 spiro atoms. The van der Waals surface area contributed by atoms with Gasteiger partial charge in [0.05, 0.1) is 4.90 Å². The molecule has 0 amide bonds. The summed E-state index contributed by atoms with van der Waals surface area (Å²) >= 11 is 0. The van der Waals surface area contributed by atoms with Crippen LogP contribution in [0.2, 0.25) is 0 Å². The van der Waals surface area contributed by atoms with Crippen molar-refractivity contribution in [3.05, 3.63) is 42.0 Å². The molecule has 0 aromatic heterocycles. The largest absolute Gasteiger partial charge is 1.00 e. The van der Waals surface area contributed by atoms with Gasteiger partial charge in [-0.25, -0.2) is 8.42 Å². The Kier molecular flexibility index (Phi) is 14.2. The second-order valence-corrected chi connectivity index (χ2v) is 9.27. The molecule has 0 aliphatic carbocycles. The fourth-order valence-corrected chi connectivity index (χ4v) is 4.36. The van der Waals surface area contributed by atoms with Crippen molar-refractivity contribution in [2.45, 2.75) is 95.3 Å². The molecule has 29 heavy (non-hydrogen) atoms. The van der Waals surface area contributed by atoms with Crippen LogP contribution >= 0.6 is 0 Å². The van der Waals surface area contributed by atoms with E-state index in [2.05, 4.69) is 13.0 Å². The summed E-state index contributed by atoms with van der Waals surface area (Å²) in [6.45, 7) is 2.26. The fourth-order valence-electron chi connectivity index (χ4n) is 3.86. The van der Waals surface area contributed by atoms with Crippen molar-refractivity contribution in [1.82, 2.24) is 0 Å². The maximum absolute atomic E-state index is 11.2. The first-order chi connectivity index (χ1) is 13.5. The first-order valence-electron chi connectivity index (χ1n) is 11.0. The van der Waals surface area contributed by atoms with E-state index >= 15 is 0 Å². The number of aryl methyl sites for hydroxylation is 1. The van der Waals surface area contributed by atoms with Crippen LogP contribution in [0.5, 0.6) is 0 Å². The Morgan fingerprint density at radius 1 is 0.759 bits per heavy atom. The Labute approximate surface area is 220 Å². The number of hydrogen-bond donors (Lipinski definition) is 0. The van der Waals surface area contributed by atoms with Gasteiger partial charge in [0.2, 0.25) is 0 Å². The number of fused-ring (bicyclic) bond motifs is 1. The van der Waals surface area contributed by atoms with Crippen LogP contribution in [0.1, 0.15) is 89.5 Å². The summed E-state index contributed by atoms with van der Waals surface area (Å²) in [4.78, 5) is -0.150. The van der Waals surface area contributed by atoms with Gasteiger partial charge in [0.25, 0.3) is 0 Å². The molecule has 5 heteroatoms. The molecule has 0 aliphatic rings. The Bertz CT molecular complexity index is 818. The van der Waals surface area contributed by atoms with Crippen LogP contribution in [0.3, 0.4) is 0 Å². The van der Waals surface area contributed by atoms with Crippen LogP contribution in [-0.2, 0) is 16.5 Å². The SMILES string of the molecule is CCCCCCCCCCCCCCc1cccc2cc(S(=O)(=O)[O-])ccc12.[K+]. The zero-order chi connectivity index (χ0) is 20.2. The van der Waals surface area contributed by atoms with Gasteiger partial charge in [-0.2, -0.15) is 0 Å². The molecular formula is C24H35KO3S. The molecule has 0 bridgehead atoms. The smallest absolute Gasteiger partial charge is 0.744 e. The minimum Gasteiger partial charge on any atom is -0.744 e. The van der Waals surface area contributed by atoms with E-state index in [4.69, 9.17) is 0 Å². The van der Waals surface area contributed by atoms with Crippen molar-refractivity contribution in [3.63, 3.8) is 0 Å². The Hall–Kier alpha value is 0.246. The van der Waals surface area contributed by atoms with Crippen molar-refractivity contribution in [1.29, 1.82) is 0 Å². The molecule has 0 N–H and O–H groups in total. The van der Waals surface area contributed by atoms with Crippen molar-refractivity contribution in [2.75, 3.05) is 0 Å². The van der Waals surface area contributed by atoms with Crippen LogP contribution in [0.15, 0.2) is 41.3 Å².